The third-order valence-corrected chi connectivity index (χ3v) is 11.8. The number of allylic oxidation sites excluding steroid dienone is 2. The van der Waals surface area contributed by atoms with Crippen LogP contribution in [0.4, 0.5) is 0 Å². The minimum Gasteiger partial charge on any atom is -0.465 e. The fourth-order valence-electron chi connectivity index (χ4n) is 4.73. The maximum atomic E-state index is 13.0. The molecule has 0 radical (unpaired) electrons. The molecule has 0 N–H and O–H groups in total. The molecule has 1 saturated heterocycles. The Kier molecular flexibility index (Phi) is 4.82. The Balaban J connectivity index is 1.95. The zero-order valence-electron chi connectivity index (χ0n) is 16.5. The summed E-state index contributed by atoms with van der Waals surface area (Å²) >= 11 is 0. The van der Waals surface area contributed by atoms with Gasteiger partial charge in [-0.15, -0.1) is 6.58 Å². The SMILES string of the molecule is C=C[C@H]1CC[C@H]2C=CCC(O[Si](C)(C)C(C)(C)C)[C@@H]3COC(=O)[C@]23C1. The first-order valence-electron chi connectivity index (χ1n) is 9.76. The van der Waals surface area contributed by atoms with E-state index in [1.54, 1.807) is 0 Å². The highest BCUT2D eigenvalue weighted by atomic mass is 28.4. The van der Waals surface area contributed by atoms with Gasteiger partial charge in [-0.1, -0.05) is 39.0 Å². The molecule has 3 nitrogen and oxygen atoms in total. The molecule has 140 valence electrons. The van der Waals surface area contributed by atoms with Crippen LogP contribution in [0, 0.1) is 23.2 Å². The number of hydrogen-bond acceptors (Lipinski definition) is 3. The first-order valence-corrected chi connectivity index (χ1v) is 12.7. The summed E-state index contributed by atoms with van der Waals surface area (Å²) in [6.45, 7) is 15.9. The smallest absolute Gasteiger partial charge is 0.313 e. The van der Waals surface area contributed by atoms with Crippen molar-refractivity contribution in [1.82, 2.24) is 0 Å². The molecule has 0 aromatic heterocycles. The number of hydrogen-bond donors (Lipinski definition) is 0. The van der Waals surface area contributed by atoms with Crippen molar-refractivity contribution < 1.29 is 14.0 Å². The zero-order valence-corrected chi connectivity index (χ0v) is 17.5. The fourth-order valence-corrected chi connectivity index (χ4v) is 6.11. The molecule has 0 bridgehead atoms. The van der Waals surface area contributed by atoms with Gasteiger partial charge >= 0.3 is 5.97 Å². The lowest BCUT2D eigenvalue weighted by atomic mass is 9.57. The van der Waals surface area contributed by atoms with Gasteiger partial charge in [-0.2, -0.15) is 0 Å². The lowest BCUT2D eigenvalue weighted by Crippen LogP contribution is -2.51. The Morgan fingerprint density at radius 3 is 2.72 bits per heavy atom. The van der Waals surface area contributed by atoms with E-state index >= 15 is 0 Å². The Labute approximate surface area is 154 Å². The zero-order chi connectivity index (χ0) is 18.5. The van der Waals surface area contributed by atoms with Crippen LogP contribution in [-0.4, -0.2) is 27.0 Å². The predicted molar refractivity (Wildman–Crippen MR) is 104 cm³/mol. The van der Waals surface area contributed by atoms with Crippen LogP contribution >= 0.6 is 0 Å². The van der Waals surface area contributed by atoms with Crippen molar-refractivity contribution in [2.75, 3.05) is 6.61 Å². The second-order valence-electron chi connectivity index (χ2n) is 9.71. The van der Waals surface area contributed by atoms with Gasteiger partial charge in [-0.05, 0) is 55.7 Å². The second kappa shape index (κ2) is 6.38. The topological polar surface area (TPSA) is 35.5 Å². The van der Waals surface area contributed by atoms with E-state index in [2.05, 4.69) is 52.6 Å². The van der Waals surface area contributed by atoms with Crippen molar-refractivity contribution in [2.45, 2.75) is 70.7 Å². The molecule has 0 aromatic rings. The minimum atomic E-state index is -1.90. The summed E-state index contributed by atoms with van der Waals surface area (Å²) in [4.78, 5) is 13.0. The Morgan fingerprint density at radius 2 is 2.08 bits per heavy atom. The molecular weight excluding hydrogens is 328 g/mol. The molecule has 2 aliphatic carbocycles. The second-order valence-corrected chi connectivity index (χ2v) is 14.5. The number of carbonyl (C=O) groups excluding carboxylic acids is 1. The van der Waals surface area contributed by atoms with Crippen molar-refractivity contribution >= 4 is 14.3 Å². The van der Waals surface area contributed by atoms with Crippen molar-refractivity contribution in [3.63, 3.8) is 0 Å². The highest BCUT2D eigenvalue weighted by molar-refractivity contribution is 6.74. The van der Waals surface area contributed by atoms with Crippen LogP contribution in [0.15, 0.2) is 24.8 Å². The van der Waals surface area contributed by atoms with Gasteiger partial charge in [0.2, 0.25) is 0 Å². The van der Waals surface area contributed by atoms with Crippen LogP contribution < -0.4 is 0 Å². The number of rotatable bonds is 3. The Hall–Kier alpha value is -0.873. The van der Waals surface area contributed by atoms with Crippen molar-refractivity contribution in [3.05, 3.63) is 24.8 Å². The molecule has 25 heavy (non-hydrogen) atoms. The van der Waals surface area contributed by atoms with E-state index in [0.29, 0.717) is 12.5 Å². The van der Waals surface area contributed by atoms with Gasteiger partial charge in [0, 0.05) is 5.92 Å². The van der Waals surface area contributed by atoms with Gasteiger partial charge in [-0.3, -0.25) is 4.79 Å². The molecular formula is C21H34O3Si. The van der Waals surface area contributed by atoms with Crippen LogP contribution in [0.1, 0.15) is 46.5 Å². The normalized spacial score (nSPS) is 38.5. The lowest BCUT2D eigenvalue weighted by molar-refractivity contribution is -0.151. The first kappa shape index (κ1) is 18.9. The summed E-state index contributed by atoms with van der Waals surface area (Å²) in [5.74, 6) is 0.863. The van der Waals surface area contributed by atoms with E-state index in [4.69, 9.17) is 9.16 Å². The monoisotopic (exact) mass is 362 g/mol. The van der Waals surface area contributed by atoms with Crippen LogP contribution in [0.25, 0.3) is 0 Å². The molecule has 1 saturated carbocycles. The van der Waals surface area contributed by atoms with Crippen LogP contribution in [0.3, 0.4) is 0 Å². The van der Waals surface area contributed by atoms with E-state index in [9.17, 15) is 4.79 Å². The molecule has 0 amide bonds. The van der Waals surface area contributed by atoms with Gasteiger partial charge < -0.3 is 9.16 Å². The third-order valence-electron chi connectivity index (χ3n) is 7.32. The van der Waals surface area contributed by atoms with E-state index < -0.39 is 13.7 Å². The molecule has 5 atom stereocenters. The largest absolute Gasteiger partial charge is 0.465 e. The number of esters is 1. The highest BCUT2D eigenvalue weighted by Gasteiger charge is 2.61. The third kappa shape index (κ3) is 3.06. The summed E-state index contributed by atoms with van der Waals surface area (Å²) in [5, 5.41) is 0.162. The van der Waals surface area contributed by atoms with E-state index in [1.807, 2.05) is 6.08 Å². The van der Waals surface area contributed by atoms with Crippen molar-refractivity contribution in [2.24, 2.45) is 23.2 Å². The summed E-state index contributed by atoms with van der Waals surface area (Å²) < 4.78 is 12.5. The highest BCUT2D eigenvalue weighted by Crippen LogP contribution is 2.57. The summed E-state index contributed by atoms with van der Waals surface area (Å²) in [7, 11) is -1.90. The molecule has 3 rings (SSSR count). The summed E-state index contributed by atoms with van der Waals surface area (Å²) in [5.41, 5.74) is -0.406. The standard InChI is InChI=1S/C21H34O3Si/c1-7-15-11-12-16-9-8-10-18(24-25(5,6)20(2,3)4)17-14-23-19(22)21(16,17)13-15/h7-9,15-18H,1,10-14H2,2-6H3/t15-,16+,17-,18?,21+/m0/s1. The predicted octanol–water partition coefficient (Wildman–Crippen LogP) is 5.10. The maximum absolute atomic E-state index is 13.0. The van der Waals surface area contributed by atoms with E-state index in [1.165, 1.54) is 0 Å². The maximum Gasteiger partial charge on any atom is 0.313 e. The molecule has 1 spiro atoms. The van der Waals surface area contributed by atoms with Crippen molar-refractivity contribution in [1.29, 1.82) is 0 Å². The van der Waals surface area contributed by atoms with Gasteiger partial charge in [0.15, 0.2) is 8.32 Å². The van der Waals surface area contributed by atoms with Gasteiger partial charge in [-0.25, -0.2) is 0 Å². The average Bonchev–Trinajstić information content (AvgIpc) is 2.75. The number of carbonyl (C=O) groups is 1. The van der Waals surface area contributed by atoms with Crippen LogP contribution in [-0.2, 0) is 14.0 Å². The minimum absolute atomic E-state index is 0.00410. The molecule has 3 aliphatic rings. The Bertz CT molecular complexity index is 574. The molecule has 1 aliphatic heterocycles. The molecule has 0 aromatic carbocycles. The van der Waals surface area contributed by atoms with E-state index in [-0.39, 0.29) is 28.9 Å². The molecule has 1 unspecified atom stereocenters. The van der Waals surface area contributed by atoms with Crippen molar-refractivity contribution in [3.8, 4) is 0 Å². The molecule has 1 heterocycles. The molecule has 4 heteroatoms. The average molecular weight is 363 g/mol. The lowest BCUT2D eigenvalue weighted by Gasteiger charge is -2.46. The van der Waals surface area contributed by atoms with E-state index in [0.717, 1.165) is 25.7 Å². The first-order chi connectivity index (χ1) is 11.6. The summed E-state index contributed by atoms with van der Waals surface area (Å²) in [6.07, 6.45) is 10.6. The number of cyclic esters (lactones) is 1. The quantitative estimate of drug-likeness (QED) is 0.398. The van der Waals surface area contributed by atoms with Gasteiger partial charge in [0.25, 0.3) is 0 Å². The van der Waals surface area contributed by atoms with Gasteiger partial charge in [0.05, 0.1) is 18.1 Å². The summed E-state index contributed by atoms with van der Waals surface area (Å²) in [6, 6.07) is 0. The fraction of sp³-hybridized carbons (Fsp3) is 0.762. The van der Waals surface area contributed by atoms with Crippen LogP contribution in [0.2, 0.25) is 18.1 Å². The van der Waals surface area contributed by atoms with Gasteiger partial charge in [0.1, 0.15) is 0 Å². The Morgan fingerprint density at radius 1 is 1.36 bits per heavy atom. The number of ether oxygens (including phenoxy) is 1. The van der Waals surface area contributed by atoms with Crippen LogP contribution in [0.5, 0.6) is 0 Å². The molecule has 2 fully saturated rings.